The Labute approximate surface area is 104 Å². The number of alkyl carbamates (subject to hydrolysis) is 1. The van der Waals surface area contributed by atoms with Crippen molar-refractivity contribution in [2.24, 2.45) is 5.73 Å². The molecule has 0 saturated heterocycles. The summed E-state index contributed by atoms with van der Waals surface area (Å²) in [5.74, 6) is 0. The summed E-state index contributed by atoms with van der Waals surface area (Å²) in [6.45, 7) is 9.72. The Morgan fingerprint density at radius 3 is 2.18 bits per heavy atom. The fourth-order valence-corrected chi connectivity index (χ4v) is 1.34. The molecule has 17 heavy (non-hydrogen) atoms. The molecule has 0 fully saturated rings. The first-order chi connectivity index (χ1) is 7.59. The molecule has 1 amide bonds. The molecule has 1 unspecified atom stereocenters. The van der Waals surface area contributed by atoms with Gasteiger partial charge in [0.05, 0.1) is 5.60 Å². The van der Waals surface area contributed by atoms with Crippen LogP contribution in [-0.2, 0) is 9.47 Å². The van der Waals surface area contributed by atoms with Crippen molar-refractivity contribution >= 4 is 6.09 Å². The third kappa shape index (κ3) is 7.99. The van der Waals surface area contributed by atoms with Crippen LogP contribution in [0, 0.1) is 0 Å². The lowest BCUT2D eigenvalue weighted by Crippen LogP contribution is -2.46. The van der Waals surface area contributed by atoms with E-state index < -0.39 is 11.7 Å². The number of carbonyl (C=O) groups is 1. The summed E-state index contributed by atoms with van der Waals surface area (Å²) in [7, 11) is 1.64. The highest BCUT2D eigenvalue weighted by atomic mass is 16.6. The lowest BCUT2D eigenvalue weighted by Gasteiger charge is -2.29. The number of nitrogens with one attached hydrogen (secondary N) is 1. The minimum atomic E-state index is -0.500. The van der Waals surface area contributed by atoms with E-state index >= 15 is 0 Å². The molecule has 1 atom stereocenters. The van der Waals surface area contributed by atoms with E-state index in [0.717, 1.165) is 0 Å². The molecule has 0 aromatic rings. The van der Waals surface area contributed by atoms with Crippen LogP contribution in [-0.4, -0.2) is 37.0 Å². The SMILES string of the molecule is COC(C)(C)CC(CN)NC(=O)OC(C)(C)C. The molecule has 0 heterocycles. The topological polar surface area (TPSA) is 73.6 Å². The van der Waals surface area contributed by atoms with Gasteiger partial charge in [-0.15, -0.1) is 0 Å². The smallest absolute Gasteiger partial charge is 0.407 e. The van der Waals surface area contributed by atoms with Crippen LogP contribution in [0.4, 0.5) is 4.79 Å². The summed E-state index contributed by atoms with van der Waals surface area (Å²) >= 11 is 0. The Balaban J connectivity index is 4.27. The number of methoxy groups -OCH3 is 1. The van der Waals surface area contributed by atoms with Gasteiger partial charge in [0, 0.05) is 19.7 Å². The van der Waals surface area contributed by atoms with Gasteiger partial charge < -0.3 is 20.5 Å². The number of rotatable bonds is 5. The zero-order valence-corrected chi connectivity index (χ0v) is 11.8. The summed E-state index contributed by atoms with van der Waals surface area (Å²) < 4.78 is 10.5. The second-order valence-corrected chi connectivity index (χ2v) is 5.75. The van der Waals surface area contributed by atoms with Crippen LogP contribution in [0.25, 0.3) is 0 Å². The first-order valence-corrected chi connectivity index (χ1v) is 5.84. The molecule has 0 aliphatic carbocycles. The van der Waals surface area contributed by atoms with Crippen molar-refractivity contribution in [3.8, 4) is 0 Å². The second kappa shape index (κ2) is 6.21. The Hall–Kier alpha value is -0.810. The van der Waals surface area contributed by atoms with Crippen molar-refractivity contribution in [2.75, 3.05) is 13.7 Å². The molecule has 3 N–H and O–H groups in total. The molecule has 0 aliphatic rings. The number of nitrogens with two attached hydrogens (primary N) is 1. The van der Waals surface area contributed by atoms with Gasteiger partial charge in [-0.25, -0.2) is 4.79 Å². The molecule has 0 aromatic carbocycles. The van der Waals surface area contributed by atoms with Gasteiger partial charge in [-0.3, -0.25) is 0 Å². The molecule has 5 nitrogen and oxygen atoms in total. The third-order valence-corrected chi connectivity index (χ3v) is 2.30. The largest absolute Gasteiger partial charge is 0.444 e. The summed E-state index contributed by atoms with van der Waals surface area (Å²) in [5, 5.41) is 2.75. The van der Waals surface area contributed by atoms with Crippen LogP contribution in [0.1, 0.15) is 41.0 Å². The highest BCUT2D eigenvalue weighted by Crippen LogP contribution is 2.15. The first-order valence-electron chi connectivity index (χ1n) is 5.84. The fourth-order valence-electron chi connectivity index (χ4n) is 1.34. The molecule has 0 saturated carbocycles. The van der Waals surface area contributed by atoms with Gasteiger partial charge in [0.15, 0.2) is 0 Å². The van der Waals surface area contributed by atoms with Gasteiger partial charge >= 0.3 is 6.09 Å². The van der Waals surface area contributed by atoms with Crippen molar-refractivity contribution < 1.29 is 14.3 Å². The fraction of sp³-hybridized carbons (Fsp3) is 0.917. The number of hydrogen-bond acceptors (Lipinski definition) is 4. The summed E-state index contributed by atoms with van der Waals surface area (Å²) in [6.07, 6.45) is 0.194. The van der Waals surface area contributed by atoms with Crippen molar-refractivity contribution in [3.63, 3.8) is 0 Å². The van der Waals surface area contributed by atoms with Crippen molar-refractivity contribution in [1.82, 2.24) is 5.32 Å². The maximum atomic E-state index is 11.6. The maximum Gasteiger partial charge on any atom is 0.407 e. The van der Waals surface area contributed by atoms with Gasteiger partial charge in [0.1, 0.15) is 5.60 Å². The number of ether oxygens (including phenoxy) is 2. The normalized spacial score (nSPS) is 14.3. The zero-order valence-electron chi connectivity index (χ0n) is 11.8. The Kier molecular flexibility index (Phi) is 5.92. The van der Waals surface area contributed by atoms with Crippen molar-refractivity contribution in [2.45, 2.75) is 58.3 Å². The molecule has 0 rings (SSSR count). The molecule has 0 aromatic heterocycles. The summed E-state index contributed by atoms with van der Waals surface area (Å²) in [6, 6.07) is -0.153. The Morgan fingerprint density at radius 1 is 1.29 bits per heavy atom. The lowest BCUT2D eigenvalue weighted by molar-refractivity contribution is 0.00519. The predicted molar refractivity (Wildman–Crippen MR) is 67.9 cm³/mol. The monoisotopic (exact) mass is 246 g/mol. The van der Waals surface area contributed by atoms with Crippen LogP contribution in [0.15, 0.2) is 0 Å². The van der Waals surface area contributed by atoms with E-state index in [1.54, 1.807) is 7.11 Å². The molecular formula is C12H26N2O3. The van der Waals surface area contributed by atoms with E-state index in [9.17, 15) is 4.79 Å². The predicted octanol–water partition coefficient (Wildman–Crippen LogP) is 1.65. The number of carbonyl (C=O) groups excluding carboxylic acids is 1. The second-order valence-electron chi connectivity index (χ2n) is 5.75. The van der Waals surface area contributed by atoms with Crippen LogP contribution in [0.3, 0.4) is 0 Å². The zero-order chi connectivity index (χ0) is 13.7. The number of amides is 1. The van der Waals surface area contributed by atoms with E-state index in [4.69, 9.17) is 15.2 Å². The highest BCUT2D eigenvalue weighted by Gasteiger charge is 2.25. The molecule has 0 aliphatic heterocycles. The van der Waals surface area contributed by atoms with Gasteiger partial charge in [-0.05, 0) is 41.0 Å². The molecule has 0 radical (unpaired) electrons. The van der Waals surface area contributed by atoms with Gasteiger partial charge in [-0.1, -0.05) is 0 Å². The maximum absolute atomic E-state index is 11.6. The third-order valence-electron chi connectivity index (χ3n) is 2.30. The lowest BCUT2D eigenvalue weighted by atomic mass is 9.99. The van der Waals surface area contributed by atoms with Crippen molar-refractivity contribution in [1.29, 1.82) is 0 Å². The van der Waals surface area contributed by atoms with E-state index in [1.807, 2.05) is 34.6 Å². The van der Waals surface area contributed by atoms with Crippen molar-refractivity contribution in [3.05, 3.63) is 0 Å². The standard InChI is InChI=1S/C12H26N2O3/c1-11(2,3)17-10(15)14-9(8-13)7-12(4,5)16-6/h9H,7-8,13H2,1-6H3,(H,14,15). The van der Waals surface area contributed by atoms with Gasteiger partial charge in [0.25, 0.3) is 0 Å². The molecule has 0 spiro atoms. The first kappa shape index (κ1) is 16.2. The quantitative estimate of drug-likeness (QED) is 0.773. The molecule has 5 heteroatoms. The van der Waals surface area contributed by atoms with Crippen LogP contribution in [0.2, 0.25) is 0 Å². The number of hydrogen-bond donors (Lipinski definition) is 2. The average molecular weight is 246 g/mol. The Bertz CT molecular complexity index is 247. The molecule has 102 valence electrons. The van der Waals surface area contributed by atoms with Crippen LogP contribution >= 0.6 is 0 Å². The minimum absolute atomic E-state index is 0.153. The van der Waals surface area contributed by atoms with E-state index in [-0.39, 0.29) is 11.6 Å². The van der Waals surface area contributed by atoms with E-state index in [2.05, 4.69) is 5.32 Å². The van der Waals surface area contributed by atoms with Crippen LogP contribution in [0.5, 0.6) is 0 Å². The highest BCUT2D eigenvalue weighted by molar-refractivity contribution is 5.68. The van der Waals surface area contributed by atoms with Crippen LogP contribution < -0.4 is 11.1 Å². The summed E-state index contributed by atoms with van der Waals surface area (Å²) in [5.41, 5.74) is 4.80. The van der Waals surface area contributed by atoms with Gasteiger partial charge in [0.2, 0.25) is 0 Å². The Morgan fingerprint density at radius 2 is 1.82 bits per heavy atom. The molecular weight excluding hydrogens is 220 g/mol. The minimum Gasteiger partial charge on any atom is -0.444 e. The van der Waals surface area contributed by atoms with E-state index in [0.29, 0.717) is 13.0 Å². The van der Waals surface area contributed by atoms with Gasteiger partial charge in [-0.2, -0.15) is 0 Å². The average Bonchev–Trinajstić information content (AvgIpc) is 2.13. The molecule has 0 bridgehead atoms. The summed E-state index contributed by atoms with van der Waals surface area (Å²) in [4.78, 5) is 11.6. The van der Waals surface area contributed by atoms with E-state index in [1.165, 1.54) is 0 Å².